The third-order valence-electron chi connectivity index (χ3n) is 3.99. The van der Waals surface area contributed by atoms with Crippen molar-refractivity contribution >= 4 is 23.2 Å². The van der Waals surface area contributed by atoms with Gasteiger partial charge in [0.15, 0.2) is 0 Å². The van der Waals surface area contributed by atoms with E-state index < -0.39 is 0 Å². The van der Waals surface area contributed by atoms with Crippen molar-refractivity contribution in [2.75, 3.05) is 11.9 Å². The molecule has 6 heteroatoms. The first-order chi connectivity index (χ1) is 12.5. The van der Waals surface area contributed by atoms with E-state index in [0.717, 1.165) is 17.6 Å². The van der Waals surface area contributed by atoms with Crippen molar-refractivity contribution in [2.24, 2.45) is 0 Å². The summed E-state index contributed by atoms with van der Waals surface area (Å²) in [4.78, 5) is 29.0. The second-order valence-electron chi connectivity index (χ2n) is 6.15. The Morgan fingerprint density at radius 1 is 1.15 bits per heavy atom. The van der Waals surface area contributed by atoms with Crippen LogP contribution in [0.5, 0.6) is 0 Å². The number of benzene rings is 1. The molecule has 6 nitrogen and oxygen atoms in total. The molecule has 0 aliphatic heterocycles. The molecule has 26 heavy (non-hydrogen) atoms. The number of carbonyl (C=O) groups is 2. The Morgan fingerprint density at radius 2 is 1.88 bits per heavy atom. The summed E-state index contributed by atoms with van der Waals surface area (Å²) in [5, 5.41) is 2.85. The standard InChI is InChI=1S/C20H21N3O3/c1-4-11-26-20(25)15-5-7-16(8-6-15)22-19(24)18-14(3)21-17-12-13(2)9-10-23(17)18/h5-10,12H,4,11H2,1-3H3,(H,22,24). The number of carbonyl (C=O) groups excluding carboxylic acids is 2. The molecule has 0 radical (unpaired) electrons. The van der Waals surface area contributed by atoms with E-state index >= 15 is 0 Å². The zero-order valence-corrected chi connectivity index (χ0v) is 15.1. The van der Waals surface area contributed by atoms with Crippen LogP contribution in [-0.2, 0) is 4.74 Å². The van der Waals surface area contributed by atoms with Gasteiger partial charge in [0, 0.05) is 11.9 Å². The molecule has 1 N–H and O–H groups in total. The first-order valence-corrected chi connectivity index (χ1v) is 8.53. The molecule has 0 bridgehead atoms. The molecular weight excluding hydrogens is 330 g/mol. The molecular formula is C20H21N3O3. The average molecular weight is 351 g/mol. The fraction of sp³-hybridized carbons (Fsp3) is 0.250. The summed E-state index contributed by atoms with van der Waals surface area (Å²) in [6.45, 7) is 6.13. The Labute approximate surface area is 151 Å². The molecule has 0 saturated carbocycles. The Hall–Kier alpha value is -3.15. The van der Waals surface area contributed by atoms with Gasteiger partial charge in [-0.3, -0.25) is 9.20 Å². The molecule has 0 atom stereocenters. The van der Waals surface area contributed by atoms with Gasteiger partial charge in [-0.2, -0.15) is 0 Å². The smallest absolute Gasteiger partial charge is 0.338 e. The van der Waals surface area contributed by atoms with Gasteiger partial charge >= 0.3 is 5.97 Å². The van der Waals surface area contributed by atoms with Crippen LogP contribution in [-0.4, -0.2) is 27.9 Å². The lowest BCUT2D eigenvalue weighted by Gasteiger charge is -2.08. The fourth-order valence-corrected chi connectivity index (χ4v) is 2.70. The van der Waals surface area contributed by atoms with Crippen molar-refractivity contribution in [1.82, 2.24) is 9.38 Å². The Kier molecular flexibility index (Phi) is 5.02. The predicted octanol–water partition coefficient (Wildman–Crippen LogP) is 3.77. The summed E-state index contributed by atoms with van der Waals surface area (Å²) in [7, 11) is 0. The van der Waals surface area contributed by atoms with Crippen LogP contribution < -0.4 is 5.32 Å². The fourth-order valence-electron chi connectivity index (χ4n) is 2.70. The number of amides is 1. The quantitative estimate of drug-likeness (QED) is 0.710. The van der Waals surface area contributed by atoms with Gasteiger partial charge in [-0.05, 0) is 62.2 Å². The zero-order chi connectivity index (χ0) is 18.7. The molecule has 0 spiro atoms. The average Bonchev–Trinajstić information content (AvgIpc) is 2.95. The SMILES string of the molecule is CCCOC(=O)c1ccc(NC(=O)c2c(C)nc3cc(C)ccn23)cc1. The van der Waals surface area contributed by atoms with Gasteiger partial charge in [0.2, 0.25) is 0 Å². The monoisotopic (exact) mass is 351 g/mol. The van der Waals surface area contributed by atoms with Crippen molar-refractivity contribution in [1.29, 1.82) is 0 Å². The molecule has 1 amide bonds. The summed E-state index contributed by atoms with van der Waals surface area (Å²) in [6, 6.07) is 10.5. The van der Waals surface area contributed by atoms with Crippen molar-refractivity contribution in [3.8, 4) is 0 Å². The number of fused-ring (bicyclic) bond motifs is 1. The first-order valence-electron chi connectivity index (χ1n) is 8.53. The summed E-state index contributed by atoms with van der Waals surface area (Å²) in [6.07, 6.45) is 2.62. The first kappa shape index (κ1) is 17.7. The van der Waals surface area contributed by atoms with Crippen LogP contribution in [0.1, 0.15) is 45.4 Å². The number of nitrogens with zero attached hydrogens (tertiary/aromatic N) is 2. The highest BCUT2D eigenvalue weighted by molar-refractivity contribution is 6.04. The molecule has 0 saturated heterocycles. The lowest BCUT2D eigenvalue weighted by molar-refractivity contribution is 0.0505. The van der Waals surface area contributed by atoms with Gasteiger partial charge in [-0.15, -0.1) is 0 Å². The van der Waals surface area contributed by atoms with E-state index in [2.05, 4.69) is 10.3 Å². The van der Waals surface area contributed by atoms with Crippen molar-refractivity contribution in [2.45, 2.75) is 27.2 Å². The van der Waals surface area contributed by atoms with E-state index in [4.69, 9.17) is 4.74 Å². The number of anilines is 1. The molecule has 0 aliphatic rings. The highest BCUT2D eigenvalue weighted by Crippen LogP contribution is 2.17. The van der Waals surface area contributed by atoms with Crippen molar-refractivity contribution in [3.05, 3.63) is 65.1 Å². The minimum atomic E-state index is -0.363. The van der Waals surface area contributed by atoms with E-state index in [-0.39, 0.29) is 11.9 Å². The Balaban J connectivity index is 1.78. The number of hydrogen-bond donors (Lipinski definition) is 1. The van der Waals surface area contributed by atoms with E-state index in [1.165, 1.54) is 0 Å². The van der Waals surface area contributed by atoms with Gasteiger partial charge in [0.05, 0.1) is 17.9 Å². The maximum Gasteiger partial charge on any atom is 0.338 e. The van der Waals surface area contributed by atoms with Crippen LogP contribution >= 0.6 is 0 Å². The molecule has 2 aromatic heterocycles. The van der Waals surface area contributed by atoms with Gasteiger partial charge in [0.25, 0.3) is 5.91 Å². The number of ether oxygens (including phenoxy) is 1. The number of hydrogen-bond acceptors (Lipinski definition) is 4. The van der Waals surface area contributed by atoms with E-state index in [9.17, 15) is 9.59 Å². The maximum absolute atomic E-state index is 12.7. The molecule has 134 valence electrons. The molecule has 0 unspecified atom stereocenters. The van der Waals surface area contributed by atoms with E-state index in [1.54, 1.807) is 28.7 Å². The van der Waals surface area contributed by atoms with Crippen molar-refractivity contribution < 1.29 is 14.3 Å². The third kappa shape index (κ3) is 3.59. The number of aromatic nitrogens is 2. The number of pyridine rings is 1. The molecule has 3 aromatic rings. The van der Waals surface area contributed by atoms with Crippen LogP contribution in [0, 0.1) is 13.8 Å². The van der Waals surface area contributed by atoms with Gasteiger partial charge < -0.3 is 10.1 Å². The highest BCUT2D eigenvalue weighted by atomic mass is 16.5. The second kappa shape index (κ2) is 7.39. The second-order valence-corrected chi connectivity index (χ2v) is 6.15. The van der Waals surface area contributed by atoms with E-state index in [0.29, 0.717) is 29.2 Å². The van der Waals surface area contributed by atoms with E-state index in [1.807, 2.05) is 39.1 Å². The number of aryl methyl sites for hydroxylation is 2. The summed E-state index contributed by atoms with van der Waals surface area (Å²) in [5.74, 6) is -0.613. The molecule has 1 aromatic carbocycles. The highest BCUT2D eigenvalue weighted by Gasteiger charge is 2.17. The van der Waals surface area contributed by atoms with Crippen molar-refractivity contribution in [3.63, 3.8) is 0 Å². The van der Waals surface area contributed by atoms with Crippen LogP contribution in [0.3, 0.4) is 0 Å². The summed E-state index contributed by atoms with van der Waals surface area (Å²) in [5.41, 5.74) is 4.03. The lowest BCUT2D eigenvalue weighted by Crippen LogP contribution is -2.15. The minimum Gasteiger partial charge on any atom is -0.462 e. The Bertz CT molecular complexity index is 958. The summed E-state index contributed by atoms with van der Waals surface area (Å²) >= 11 is 0. The number of esters is 1. The largest absolute Gasteiger partial charge is 0.462 e. The van der Waals surface area contributed by atoms with Crippen LogP contribution in [0.2, 0.25) is 0 Å². The summed E-state index contributed by atoms with van der Waals surface area (Å²) < 4.78 is 6.86. The molecule has 0 fully saturated rings. The maximum atomic E-state index is 12.7. The lowest BCUT2D eigenvalue weighted by atomic mass is 10.2. The van der Waals surface area contributed by atoms with Crippen LogP contribution in [0.25, 0.3) is 5.65 Å². The number of nitrogens with one attached hydrogen (secondary N) is 1. The van der Waals surface area contributed by atoms with Gasteiger partial charge in [-0.25, -0.2) is 9.78 Å². The molecule has 0 aliphatic carbocycles. The minimum absolute atomic E-state index is 0.250. The topological polar surface area (TPSA) is 72.7 Å². The van der Waals surface area contributed by atoms with Gasteiger partial charge in [0.1, 0.15) is 11.3 Å². The zero-order valence-electron chi connectivity index (χ0n) is 15.1. The van der Waals surface area contributed by atoms with Gasteiger partial charge in [-0.1, -0.05) is 6.92 Å². The number of rotatable bonds is 5. The molecule has 3 rings (SSSR count). The Morgan fingerprint density at radius 3 is 2.58 bits per heavy atom. The van der Waals surface area contributed by atoms with Crippen LogP contribution in [0.15, 0.2) is 42.6 Å². The molecule has 2 heterocycles. The van der Waals surface area contributed by atoms with Crippen LogP contribution in [0.4, 0.5) is 5.69 Å². The normalized spacial score (nSPS) is 10.7. The predicted molar refractivity (Wildman–Crippen MR) is 99.6 cm³/mol. The third-order valence-corrected chi connectivity index (χ3v) is 3.99. The number of imidazole rings is 1.